The first-order chi connectivity index (χ1) is 14.4. The molecule has 0 saturated carbocycles. The van der Waals surface area contributed by atoms with Gasteiger partial charge in [0.1, 0.15) is 11.6 Å². The molecule has 7 heteroatoms. The molecule has 0 fully saturated rings. The summed E-state index contributed by atoms with van der Waals surface area (Å²) in [5, 5.41) is 5.50. The summed E-state index contributed by atoms with van der Waals surface area (Å²) >= 11 is 0. The van der Waals surface area contributed by atoms with E-state index in [1.54, 1.807) is 42.5 Å². The van der Waals surface area contributed by atoms with Gasteiger partial charge in [-0.05, 0) is 48.0 Å². The van der Waals surface area contributed by atoms with Crippen molar-refractivity contribution in [3.63, 3.8) is 0 Å². The highest BCUT2D eigenvalue weighted by atomic mass is 19.1. The second kappa shape index (κ2) is 9.47. The zero-order valence-electron chi connectivity index (χ0n) is 16.1. The van der Waals surface area contributed by atoms with Gasteiger partial charge in [-0.1, -0.05) is 30.3 Å². The Balaban J connectivity index is 1.70. The van der Waals surface area contributed by atoms with Gasteiger partial charge in [-0.25, -0.2) is 4.39 Å². The van der Waals surface area contributed by atoms with Crippen LogP contribution < -0.4 is 15.4 Å². The van der Waals surface area contributed by atoms with Crippen LogP contribution in [0.15, 0.2) is 72.8 Å². The van der Waals surface area contributed by atoms with Gasteiger partial charge in [-0.15, -0.1) is 0 Å². The first kappa shape index (κ1) is 20.7. The number of nitrogens with one attached hydrogen (secondary N) is 2. The van der Waals surface area contributed by atoms with E-state index in [1.807, 2.05) is 0 Å². The van der Waals surface area contributed by atoms with Crippen molar-refractivity contribution in [2.24, 2.45) is 0 Å². The summed E-state index contributed by atoms with van der Waals surface area (Å²) in [7, 11) is 0. The molecular weight excluding hydrogens is 387 g/mol. The number of anilines is 1. The van der Waals surface area contributed by atoms with E-state index in [9.17, 15) is 18.8 Å². The van der Waals surface area contributed by atoms with E-state index in [0.29, 0.717) is 16.8 Å². The molecule has 0 bridgehead atoms. The van der Waals surface area contributed by atoms with Crippen LogP contribution in [0.3, 0.4) is 0 Å². The highest BCUT2D eigenvalue weighted by Crippen LogP contribution is 2.19. The lowest BCUT2D eigenvalue weighted by atomic mass is 10.1. The summed E-state index contributed by atoms with van der Waals surface area (Å²) in [6.45, 7) is 1.42. The first-order valence-electron chi connectivity index (χ1n) is 9.14. The third kappa shape index (κ3) is 5.51. The highest BCUT2D eigenvalue weighted by Gasteiger charge is 2.12. The molecule has 0 aliphatic heterocycles. The molecule has 0 radical (unpaired) electrons. The summed E-state index contributed by atoms with van der Waals surface area (Å²) in [6.07, 6.45) is 0. The number of halogens is 1. The fourth-order valence-electron chi connectivity index (χ4n) is 2.76. The Labute approximate surface area is 172 Å². The van der Waals surface area contributed by atoms with E-state index < -0.39 is 23.6 Å². The quantitative estimate of drug-likeness (QED) is 0.480. The van der Waals surface area contributed by atoms with Gasteiger partial charge < -0.3 is 15.4 Å². The number of carbonyl (C=O) groups excluding carboxylic acids is 3. The fraction of sp³-hybridized carbons (Fsp3) is 0.0870. The van der Waals surface area contributed by atoms with Crippen molar-refractivity contribution < 1.29 is 23.5 Å². The van der Waals surface area contributed by atoms with Crippen LogP contribution in [0.25, 0.3) is 0 Å². The number of hydrogen-bond acceptors (Lipinski definition) is 4. The molecule has 0 spiro atoms. The summed E-state index contributed by atoms with van der Waals surface area (Å²) < 4.78 is 18.3. The number of para-hydroxylation sites is 1. The van der Waals surface area contributed by atoms with Crippen LogP contribution in [0.5, 0.6) is 5.75 Å². The molecule has 3 rings (SSSR count). The number of benzene rings is 3. The normalized spacial score (nSPS) is 10.2. The molecule has 2 N–H and O–H groups in total. The maximum absolute atomic E-state index is 13.3. The van der Waals surface area contributed by atoms with Crippen molar-refractivity contribution in [3.05, 3.63) is 95.3 Å². The van der Waals surface area contributed by atoms with E-state index in [4.69, 9.17) is 4.74 Å². The Bertz CT molecular complexity index is 1100. The SMILES string of the molecule is CC(=O)Oc1cccc(C(=O)Nc2ccccc2CNC(=O)c2cccc(F)c2)c1. The van der Waals surface area contributed by atoms with Crippen LogP contribution in [0, 0.1) is 5.82 Å². The van der Waals surface area contributed by atoms with E-state index in [1.165, 1.54) is 31.2 Å². The van der Waals surface area contributed by atoms with Gasteiger partial charge in [-0.3, -0.25) is 14.4 Å². The topological polar surface area (TPSA) is 84.5 Å². The van der Waals surface area contributed by atoms with Crippen LogP contribution in [-0.4, -0.2) is 17.8 Å². The largest absolute Gasteiger partial charge is 0.427 e. The van der Waals surface area contributed by atoms with Crippen molar-refractivity contribution in [3.8, 4) is 5.75 Å². The molecule has 2 amide bonds. The van der Waals surface area contributed by atoms with Crippen molar-refractivity contribution in [2.75, 3.05) is 5.32 Å². The molecule has 0 aliphatic rings. The Morgan fingerprint density at radius 2 is 1.57 bits per heavy atom. The Hall–Kier alpha value is -4.00. The third-order valence-electron chi connectivity index (χ3n) is 4.15. The molecule has 0 unspecified atom stereocenters. The molecule has 0 aromatic heterocycles. The number of hydrogen-bond donors (Lipinski definition) is 2. The van der Waals surface area contributed by atoms with Gasteiger partial charge in [-0.2, -0.15) is 0 Å². The lowest BCUT2D eigenvalue weighted by molar-refractivity contribution is -0.131. The molecule has 0 atom stereocenters. The van der Waals surface area contributed by atoms with Crippen LogP contribution in [-0.2, 0) is 11.3 Å². The molecule has 30 heavy (non-hydrogen) atoms. The average Bonchev–Trinajstić information content (AvgIpc) is 2.72. The van der Waals surface area contributed by atoms with E-state index >= 15 is 0 Å². The Kier molecular flexibility index (Phi) is 6.54. The molecule has 152 valence electrons. The maximum atomic E-state index is 13.3. The number of esters is 1. The van der Waals surface area contributed by atoms with Gasteiger partial charge in [0.25, 0.3) is 11.8 Å². The standard InChI is InChI=1S/C23H19FN2O4/c1-15(27)30-20-10-5-8-17(13-20)23(29)26-21-11-3-2-6-18(21)14-25-22(28)16-7-4-9-19(24)12-16/h2-13H,14H2,1H3,(H,25,28)(H,26,29). The molecule has 3 aromatic rings. The van der Waals surface area contributed by atoms with Gasteiger partial charge in [0.2, 0.25) is 0 Å². The first-order valence-corrected chi connectivity index (χ1v) is 9.14. The molecule has 0 saturated heterocycles. The second-order valence-electron chi connectivity index (χ2n) is 6.43. The number of ether oxygens (including phenoxy) is 1. The monoisotopic (exact) mass is 406 g/mol. The van der Waals surface area contributed by atoms with Crippen LogP contribution in [0.2, 0.25) is 0 Å². The molecule has 0 heterocycles. The Morgan fingerprint density at radius 1 is 0.867 bits per heavy atom. The minimum absolute atomic E-state index is 0.138. The predicted octanol–water partition coefficient (Wildman–Crippen LogP) is 3.93. The smallest absolute Gasteiger partial charge is 0.308 e. The van der Waals surface area contributed by atoms with Crippen LogP contribution in [0.1, 0.15) is 33.2 Å². The van der Waals surface area contributed by atoms with Gasteiger partial charge in [0.05, 0.1) is 0 Å². The number of amides is 2. The van der Waals surface area contributed by atoms with Gasteiger partial charge >= 0.3 is 5.97 Å². The van der Waals surface area contributed by atoms with E-state index in [2.05, 4.69) is 10.6 Å². The van der Waals surface area contributed by atoms with Crippen molar-refractivity contribution in [2.45, 2.75) is 13.5 Å². The number of rotatable bonds is 6. The summed E-state index contributed by atoms with van der Waals surface area (Å²) in [4.78, 5) is 36.0. The van der Waals surface area contributed by atoms with Crippen LogP contribution in [0.4, 0.5) is 10.1 Å². The molecule has 3 aromatic carbocycles. The zero-order valence-corrected chi connectivity index (χ0v) is 16.1. The molecular formula is C23H19FN2O4. The van der Waals surface area contributed by atoms with Crippen molar-refractivity contribution in [1.29, 1.82) is 0 Å². The lowest BCUT2D eigenvalue weighted by Gasteiger charge is -2.12. The summed E-state index contributed by atoms with van der Waals surface area (Å²) in [6, 6.07) is 18.6. The molecule has 0 aliphatic carbocycles. The second-order valence-corrected chi connectivity index (χ2v) is 6.43. The van der Waals surface area contributed by atoms with Crippen LogP contribution >= 0.6 is 0 Å². The Morgan fingerprint density at radius 3 is 2.30 bits per heavy atom. The van der Waals surface area contributed by atoms with E-state index in [0.717, 1.165) is 6.07 Å². The minimum atomic E-state index is -0.494. The highest BCUT2D eigenvalue weighted by molar-refractivity contribution is 6.05. The maximum Gasteiger partial charge on any atom is 0.308 e. The summed E-state index contributed by atoms with van der Waals surface area (Å²) in [5.74, 6) is -1.53. The average molecular weight is 406 g/mol. The third-order valence-corrected chi connectivity index (χ3v) is 4.15. The van der Waals surface area contributed by atoms with E-state index in [-0.39, 0.29) is 17.9 Å². The van der Waals surface area contributed by atoms with Crippen molar-refractivity contribution >= 4 is 23.5 Å². The molecule has 6 nitrogen and oxygen atoms in total. The minimum Gasteiger partial charge on any atom is -0.427 e. The lowest BCUT2D eigenvalue weighted by Crippen LogP contribution is -2.24. The number of carbonyl (C=O) groups is 3. The fourth-order valence-corrected chi connectivity index (χ4v) is 2.76. The summed E-state index contributed by atoms with van der Waals surface area (Å²) in [5.41, 5.74) is 1.71. The predicted molar refractivity (Wildman–Crippen MR) is 110 cm³/mol. The zero-order chi connectivity index (χ0) is 21.5. The van der Waals surface area contributed by atoms with Gasteiger partial charge in [0, 0.05) is 30.3 Å². The van der Waals surface area contributed by atoms with Crippen molar-refractivity contribution in [1.82, 2.24) is 5.32 Å². The van der Waals surface area contributed by atoms with Gasteiger partial charge in [0.15, 0.2) is 0 Å².